The van der Waals surface area contributed by atoms with Crippen molar-refractivity contribution in [2.75, 3.05) is 11.5 Å². The largest absolute Gasteiger partial charge is 0.768 e. The average molecular weight is 1260 g/mol. The highest BCUT2D eigenvalue weighted by Gasteiger charge is 2.25. The standard InChI is InChI=1S/C26H21N5O8S3.C24H21N5O4S.2O3S/c1-3-41(35,36)20-11-9-19(10-12-20)29-31-25-22(42(37,38)39)14-17-6-13-21(26(32)23(17)24(25)27)30-28-18-7-4-16(5-8-18)15(2)40(33)34;1-14-3-8-17(9-4-14)26-28-19-12-7-16-13-20(34(31,32)33)23(22(25)21(16)24(19)30)29-27-18-10-5-15(2)6-11-18;2*1-4(2)3/h3-14,32H,1-2,27H2,(H,33,34)(H,37,38,39);3-13,30H,25H2,1-2H3,(H,31,32,33);;/p-1. The lowest BCUT2D eigenvalue weighted by molar-refractivity contribution is 0.480. The van der Waals surface area contributed by atoms with E-state index in [0.717, 1.165) is 22.6 Å². The number of benzene rings is 8. The maximum Gasteiger partial charge on any atom is 0.425 e. The minimum Gasteiger partial charge on any atom is -0.768 e. The molecule has 0 spiro atoms. The van der Waals surface area contributed by atoms with Gasteiger partial charge in [0.05, 0.1) is 49.8 Å². The zero-order valence-electron chi connectivity index (χ0n) is 42.9. The third-order valence-electron chi connectivity index (χ3n) is 10.9. The van der Waals surface area contributed by atoms with Crippen molar-refractivity contribution in [2.45, 2.75) is 28.5 Å². The van der Waals surface area contributed by atoms with E-state index >= 15 is 0 Å². The van der Waals surface area contributed by atoms with Gasteiger partial charge in [0, 0.05) is 10.3 Å². The lowest BCUT2D eigenvalue weighted by Gasteiger charge is -2.12. The smallest absolute Gasteiger partial charge is 0.425 e. The van der Waals surface area contributed by atoms with Crippen LogP contribution in [0.5, 0.6) is 11.5 Å². The van der Waals surface area contributed by atoms with E-state index in [9.17, 15) is 53.3 Å². The summed E-state index contributed by atoms with van der Waals surface area (Å²) >= 11 is -2.48. The highest BCUT2D eigenvalue weighted by Crippen LogP contribution is 2.47. The van der Waals surface area contributed by atoms with Crippen LogP contribution >= 0.6 is 0 Å². The topological polar surface area (TPSA) is 477 Å². The van der Waals surface area contributed by atoms with Gasteiger partial charge in [-0.05, 0) is 126 Å². The van der Waals surface area contributed by atoms with Crippen LogP contribution in [0.4, 0.5) is 56.9 Å². The monoisotopic (exact) mass is 1260 g/mol. The Kier molecular flexibility index (Phi) is 21.7. The number of aromatic hydroxyl groups is 2. The van der Waals surface area contributed by atoms with E-state index < -0.39 is 83.6 Å². The van der Waals surface area contributed by atoms with Gasteiger partial charge in [-0.2, -0.15) is 37.3 Å². The van der Waals surface area contributed by atoms with Crippen LogP contribution < -0.4 is 11.5 Å². The van der Waals surface area contributed by atoms with Crippen molar-refractivity contribution in [2.24, 2.45) is 40.9 Å². The molecule has 8 rings (SSSR count). The van der Waals surface area contributed by atoms with Crippen molar-refractivity contribution in [3.05, 3.63) is 169 Å². The van der Waals surface area contributed by atoms with Crippen molar-refractivity contribution >= 4 is 146 Å². The van der Waals surface area contributed by atoms with Crippen LogP contribution in [0, 0.1) is 13.8 Å². The first kappa shape index (κ1) is 65.3. The van der Waals surface area contributed by atoms with Crippen molar-refractivity contribution < 1.29 is 78.6 Å². The number of azo groups is 4. The molecule has 1 atom stereocenters. The molecule has 8 aromatic rings. The molecule has 0 amide bonds. The number of phenols is 2. The number of nitrogen functional groups attached to an aromatic ring is 2. The summed E-state index contributed by atoms with van der Waals surface area (Å²) in [6.45, 7) is 10.6. The summed E-state index contributed by atoms with van der Waals surface area (Å²) in [5, 5.41) is 55.1. The average Bonchev–Trinajstić information content (AvgIpc) is 1.30. The summed E-state index contributed by atoms with van der Waals surface area (Å²) in [6.07, 6.45) is 0. The molecule has 0 bridgehead atoms. The van der Waals surface area contributed by atoms with Gasteiger partial charge in [-0.1, -0.05) is 72.8 Å². The fraction of sp³-hybridized carbons (Fsp3) is 0.0400. The quantitative estimate of drug-likeness (QED) is 0.0255. The number of nitrogens with two attached hydrogens (primary N) is 2. The third kappa shape index (κ3) is 17.5. The van der Waals surface area contributed by atoms with Gasteiger partial charge in [-0.15, -0.1) is 45.7 Å². The SMILES string of the molecule is C=CS(=O)(=O)c1ccc(N=Nc2c(S(=O)(=O)O)cc3ccc(N=Nc4ccc(C(=C)S(=O)[O-])cc4)c(O)c3c2N)cc1.Cc1ccc(N=Nc2ccc3cc(S(=O)(=O)O)c(N=Nc4ccc(C)cc4)c(N)c3c2O)cc1.O=S(=O)=O.O=S(=O)=O. The molecule has 0 aliphatic heterocycles. The Morgan fingerprint density at radius 2 is 0.810 bits per heavy atom. The second kappa shape index (κ2) is 28.0. The Balaban J connectivity index is 0.000000277. The minimum atomic E-state index is -4.86. The number of sulfone groups is 1. The Morgan fingerprint density at radius 3 is 1.12 bits per heavy atom. The second-order valence-electron chi connectivity index (χ2n) is 16.6. The van der Waals surface area contributed by atoms with E-state index in [1.165, 1.54) is 78.9 Å². The van der Waals surface area contributed by atoms with Crippen LogP contribution in [0.25, 0.3) is 26.5 Å². The van der Waals surface area contributed by atoms with Gasteiger partial charge in [-0.3, -0.25) is 13.3 Å². The maximum atomic E-state index is 12.2. The number of nitrogens with zero attached hydrogens (tertiary/aromatic N) is 8. The predicted octanol–water partition coefficient (Wildman–Crippen LogP) is 10.8. The summed E-state index contributed by atoms with van der Waals surface area (Å²) in [7, 11) is -19.5. The Hall–Kier alpha value is -9.52. The summed E-state index contributed by atoms with van der Waals surface area (Å²) in [5.74, 6) is -0.780. The Morgan fingerprint density at radius 1 is 0.500 bits per heavy atom. The summed E-state index contributed by atoms with van der Waals surface area (Å²) < 4.78 is 165. The van der Waals surface area contributed by atoms with Crippen LogP contribution in [0.2, 0.25) is 0 Å². The molecule has 0 saturated heterocycles. The predicted molar refractivity (Wildman–Crippen MR) is 306 cm³/mol. The number of fused-ring (bicyclic) bond motifs is 2. The van der Waals surface area contributed by atoms with Gasteiger partial charge < -0.3 is 26.2 Å². The zero-order valence-corrected chi connectivity index (χ0v) is 47.8. The van der Waals surface area contributed by atoms with Gasteiger partial charge >= 0.3 is 21.2 Å². The summed E-state index contributed by atoms with van der Waals surface area (Å²) in [6, 6.07) is 33.3. The van der Waals surface area contributed by atoms with Gasteiger partial charge in [0.15, 0.2) is 21.3 Å². The molecule has 0 saturated carbocycles. The molecular weight excluding hydrogens is 1220 g/mol. The minimum absolute atomic E-state index is 0.0489. The lowest BCUT2D eigenvalue weighted by atomic mass is 10.1. The van der Waals surface area contributed by atoms with Gasteiger partial charge in [-0.25, -0.2) is 8.42 Å². The normalized spacial score (nSPS) is 12.1. The number of rotatable bonds is 14. The molecule has 8 aromatic carbocycles. The molecule has 1 unspecified atom stereocenters. The highest BCUT2D eigenvalue weighted by atomic mass is 32.2. The molecule has 436 valence electrons. The molecular formula is C50H41N10O18S6-. The number of phenolic OH excluding ortho intramolecular Hbond substituents is 2. The molecule has 28 nitrogen and oxygen atoms in total. The molecule has 8 N–H and O–H groups in total. The van der Waals surface area contributed by atoms with Crippen LogP contribution in [-0.4, -0.2) is 78.6 Å². The van der Waals surface area contributed by atoms with E-state index in [1.807, 2.05) is 38.1 Å². The van der Waals surface area contributed by atoms with Crippen molar-refractivity contribution in [3.8, 4) is 11.5 Å². The van der Waals surface area contributed by atoms with E-state index in [0.29, 0.717) is 22.6 Å². The summed E-state index contributed by atoms with van der Waals surface area (Å²) in [4.78, 5) is -1.36. The molecule has 0 aliphatic rings. The maximum absolute atomic E-state index is 12.2. The first-order chi connectivity index (χ1) is 39.3. The molecule has 0 heterocycles. The van der Waals surface area contributed by atoms with Crippen molar-refractivity contribution in [3.63, 3.8) is 0 Å². The number of hydrogen-bond acceptors (Lipinski definition) is 26. The van der Waals surface area contributed by atoms with Crippen LogP contribution in [-0.2, 0) is 62.4 Å². The molecule has 0 aromatic heterocycles. The van der Waals surface area contributed by atoms with Crippen LogP contribution in [0.1, 0.15) is 16.7 Å². The number of aryl methyl sites for hydroxylation is 2. The number of hydrogen-bond donors (Lipinski definition) is 6. The van der Waals surface area contributed by atoms with Gasteiger partial charge in [0.25, 0.3) is 20.2 Å². The molecule has 0 radical (unpaired) electrons. The first-order valence-electron chi connectivity index (χ1n) is 22.6. The van der Waals surface area contributed by atoms with Gasteiger partial charge in [0.2, 0.25) is 0 Å². The number of anilines is 2. The zero-order chi connectivity index (χ0) is 62.4. The lowest BCUT2D eigenvalue weighted by Crippen LogP contribution is -2.01. The molecule has 84 heavy (non-hydrogen) atoms. The fourth-order valence-corrected chi connectivity index (χ4v) is 9.33. The second-order valence-corrected chi connectivity index (χ2v) is 23.0. The summed E-state index contributed by atoms with van der Waals surface area (Å²) in [5.41, 5.74) is 15.2. The third-order valence-corrected chi connectivity index (χ3v) is 14.7. The van der Waals surface area contributed by atoms with Crippen molar-refractivity contribution in [1.29, 1.82) is 0 Å². The van der Waals surface area contributed by atoms with Crippen LogP contribution in [0.3, 0.4) is 0 Å². The molecule has 0 fully saturated rings. The first-order valence-corrected chi connectivity index (χ1v) is 30.1. The Bertz CT molecular complexity index is 4590. The van der Waals surface area contributed by atoms with E-state index in [2.05, 4.69) is 54.1 Å². The molecule has 0 aliphatic carbocycles. The fourth-order valence-electron chi connectivity index (χ4n) is 6.95. The van der Waals surface area contributed by atoms with E-state index in [4.69, 9.17) is 36.7 Å². The van der Waals surface area contributed by atoms with E-state index in [1.54, 1.807) is 24.3 Å². The van der Waals surface area contributed by atoms with Crippen molar-refractivity contribution in [1.82, 2.24) is 0 Å². The van der Waals surface area contributed by atoms with E-state index in [-0.39, 0.29) is 71.2 Å². The molecule has 34 heteroatoms. The van der Waals surface area contributed by atoms with Crippen LogP contribution in [0.15, 0.2) is 208 Å². The highest BCUT2D eigenvalue weighted by molar-refractivity contribution is 7.94. The van der Waals surface area contributed by atoms with Gasteiger partial charge in [0.1, 0.15) is 32.5 Å². The Labute approximate surface area is 482 Å².